The molecular formula is C30H43ClN2O5Si. The van der Waals surface area contributed by atoms with E-state index in [9.17, 15) is 14.7 Å². The molecule has 0 aliphatic carbocycles. The van der Waals surface area contributed by atoms with Crippen molar-refractivity contribution in [3.63, 3.8) is 0 Å². The van der Waals surface area contributed by atoms with Gasteiger partial charge in [0.25, 0.3) is 0 Å². The fourth-order valence-electron chi connectivity index (χ4n) is 4.66. The number of carboxylic acid groups (broad SMARTS) is 1. The van der Waals surface area contributed by atoms with Crippen LogP contribution in [0.3, 0.4) is 0 Å². The standard InChI is InChI=1S/C30H43ClN2O5Si/c1-19-16-22(18-32-26(19)31)25(38-39(8,9)30(5,6)7)24-15-14-23(33(24)28(36)37-29(2,3)4)17-20-10-12-21(13-11-20)27(34)35/h10-13,16,18,23-25H,14-15,17H2,1-9H3,(H,34,35)/t23?,24-,25?/m1/s1. The smallest absolute Gasteiger partial charge is 0.410 e. The molecule has 0 radical (unpaired) electrons. The third-order valence-corrected chi connectivity index (χ3v) is 12.6. The molecule has 2 heterocycles. The summed E-state index contributed by atoms with van der Waals surface area (Å²) >= 11 is 6.28. The third-order valence-electron chi connectivity index (χ3n) is 7.76. The van der Waals surface area contributed by atoms with Gasteiger partial charge in [0.2, 0.25) is 0 Å². The van der Waals surface area contributed by atoms with Gasteiger partial charge >= 0.3 is 12.1 Å². The molecular weight excluding hydrogens is 532 g/mol. The topological polar surface area (TPSA) is 89.0 Å². The Hall–Kier alpha value is -2.42. The Kier molecular flexibility index (Phi) is 9.25. The second kappa shape index (κ2) is 11.6. The monoisotopic (exact) mass is 574 g/mol. The van der Waals surface area contributed by atoms with Crippen LogP contribution < -0.4 is 0 Å². The Labute approximate surface area is 239 Å². The summed E-state index contributed by atoms with van der Waals surface area (Å²) in [6.45, 7) is 18.5. The molecule has 3 atom stereocenters. The molecule has 7 nitrogen and oxygen atoms in total. The van der Waals surface area contributed by atoms with Crippen LogP contribution in [-0.4, -0.2) is 53.1 Å². The van der Waals surface area contributed by atoms with E-state index < -0.39 is 26.0 Å². The van der Waals surface area contributed by atoms with Crippen LogP contribution in [0.1, 0.15) is 87.5 Å². The van der Waals surface area contributed by atoms with Crippen LogP contribution in [0.25, 0.3) is 0 Å². The molecule has 2 aromatic rings. The normalized spacial score (nSPS) is 19.2. The molecule has 1 saturated heterocycles. The van der Waals surface area contributed by atoms with Gasteiger partial charge in [-0.25, -0.2) is 14.6 Å². The van der Waals surface area contributed by atoms with E-state index in [-0.39, 0.29) is 28.8 Å². The second-order valence-electron chi connectivity index (χ2n) is 13.1. The summed E-state index contributed by atoms with van der Waals surface area (Å²) in [5, 5.41) is 9.69. The number of benzene rings is 1. The Balaban J connectivity index is 2.05. The number of halogens is 1. The molecule has 39 heavy (non-hydrogen) atoms. The zero-order chi connectivity index (χ0) is 29.3. The number of hydrogen-bond acceptors (Lipinski definition) is 5. The van der Waals surface area contributed by atoms with Gasteiger partial charge in [-0.2, -0.15) is 0 Å². The molecule has 3 rings (SSSR count). The zero-order valence-corrected chi connectivity index (χ0v) is 26.4. The van der Waals surface area contributed by atoms with Gasteiger partial charge < -0.3 is 14.3 Å². The summed E-state index contributed by atoms with van der Waals surface area (Å²) in [5.41, 5.74) is 2.29. The van der Waals surface area contributed by atoms with Crippen LogP contribution in [0.5, 0.6) is 0 Å². The van der Waals surface area contributed by atoms with Gasteiger partial charge in [0, 0.05) is 17.8 Å². The van der Waals surface area contributed by atoms with Gasteiger partial charge in [0.05, 0.1) is 17.7 Å². The second-order valence-corrected chi connectivity index (χ2v) is 18.2. The Morgan fingerprint density at radius 1 is 1.13 bits per heavy atom. The van der Waals surface area contributed by atoms with Crippen molar-refractivity contribution in [2.45, 2.75) is 110 Å². The number of rotatable bonds is 7. The van der Waals surface area contributed by atoms with E-state index in [1.165, 1.54) is 0 Å². The maximum atomic E-state index is 13.8. The van der Waals surface area contributed by atoms with Gasteiger partial charge in [0.15, 0.2) is 8.32 Å². The zero-order valence-electron chi connectivity index (χ0n) is 24.7. The number of aryl methyl sites for hydroxylation is 1. The molecule has 1 aliphatic heterocycles. The van der Waals surface area contributed by atoms with Crippen molar-refractivity contribution in [2.24, 2.45) is 0 Å². The quantitative estimate of drug-likeness (QED) is 0.268. The molecule has 9 heteroatoms. The number of aromatic carboxylic acids is 1. The fourth-order valence-corrected chi connectivity index (χ4v) is 6.05. The van der Waals surface area contributed by atoms with Gasteiger partial charge in [-0.15, -0.1) is 0 Å². The molecule has 214 valence electrons. The van der Waals surface area contributed by atoms with Crippen molar-refractivity contribution >= 4 is 32.0 Å². The van der Waals surface area contributed by atoms with Gasteiger partial charge in [-0.1, -0.05) is 44.5 Å². The number of nitrogens with zero attached hydrogens (tertiary/aromatic N) is 2. The van der Waals surface area contributed by atoms with Crippen LogP contribution in [0.15, 0.2) is 36.5 Å². The van der Waals surface area contributed by atoms with E-state index in [2.05, 4.69) is 38.8 Å². The lowest BCUT2D eigenvalue weighted by molar-refractivity contribution is -0.00244. The lowest BCUT2D eigenvalue weighted by Crippen LogP contribution is -2.50. The number of carbonyl (C=O) groups excluding carboxylic acids is 1. The number of carbonyl (C=O) groups is 2. The summed E-state index contributed by atoms with van der Waals surface area (Å²) in [7, 11) is -2.27. The molecule has 1 N–H and O–H groups in total. The predicted octanol–water partition coefficient (Wildman–Crippen LogP) is 7.82. The van der Waals surface area contributed by atoms with Gasteiger partial charge in [0.1, 0.15) is 10.8 Å². The molecule has 1 fully saturated rings. The first-order valence-corrected chi connectivity index (χ1v) is 16.8. The van der Waals surface area contributed by atoms with Gasteiger partial charge in [-0.3, -0.25) is 4.90 Å². The van der Waals surface area contributed by atoms with Gasteiger partial charge in [-0.05, 0) is 94.4 Å². The molecule has 0 bridgehead atoms. The number of hydrogen-bond donors (Lipinski definition) is 1. The number of ether oxygens (including phenoxy) is 1. The summed E-state index contributed by atoms with van der Waals surface area (Å²) in [4.78, 5) is 31.4. The highest BCUT2D eigenvalue weighted by Crippen LogP contribution is 2.44. The van der Waals surface area contributed by atoms with Crippen molar-refractivity contribution in [1.82, 2.24) is 9.88 Å². The van der Waals surface area contributed by atoms with E-state index in [0.29, 0.717) is 11.6 Å². The van der Waals surface area contributed by atoms with Crippen molar-refractivity contribution in [3.05, 3.63) is 63.9 Å². The molecule has 1 amide bonds. The summed E-state index contributed by atoms with van der Waals surface area (Å²) in [5.74, 6) is -0.963. The van der Waals surface area contributed by atoms with Crippen molar-refractivity contribution in [3.8, 4) is 0 Å². The molecule has 2 unspecified atom stereocenters. The Morgan fingerprint density at radius 2 is 1.74 bits per heavy atom. The average molecular weight is 575 g/mol. The van der Waals surface area contributed by atoms with Crippen LogP contribution in [0.4, 0.5) is 4.79 Å². The fraction of sp³-hybridized carbons (Fsp3) is 0.567. The Bertz CT molecular complexity index is 1190. The Morgan fingerprint density at radius 3 is 2.26 bits per heavy atom. The summed E-state index contributed by atoms with van der Waals surface area (Å²) < 4.78 is 13.0. The van der Waals surface area contributed by atoms with Crippen LogP contribution in [0, 0.1) is 6.92 Å². The minimum Gasteiger partial charge on any atom is -0.478 e. The van der Waals surface area contributed by atoms with E-state index in [1.807, 2.05) is 50.8 Å². The van der Waals surface area contributed by atoms with Crippen LogP contribution >= 0.6 is 11.6 Å². The van der Waals surface area contributed by atoms with E-state index >= 15 is 0 Å². The molecule has 1 aliphatic rings. The molecule has 0 saturated carbocycles. The number of amides is 1. The number of aromatic nitrogens is 1. The average Bonchev–Trinajstić information content (AvgIpc) is 3.21. The first-order chi connectivity index (χ1) is 17.9. The van der Waals surface area contributed by atoms with E-state index in [0.717, 1.165) is 29.5 Å². The molecule has 0 spiro atoms. The number of likely N-dealkylation sites (tertiary alicyclic amines) is 1. The first kappa shape index (κ1) is 31.1. The van der Waals surface area contributed by atoms with Crippen molar-refractivity contribution in [1.29, 1.82) is 0 Å². The SMILES string of the molecule is Cc1cc(C(O[Si](C)(C)C(C)(C)C)[C@H]2CCC(Cc3ccc(C(=O)O)cc3)N2C(=O)OC(C)(C)C)cnc1Cl. The minimum absolute atomic E-state index is 0.0409. The lowest BCUT2D eigenvalue weighted by atomic mass is 10.0. The summed E-state index contributed by atoms with van der Waals surface area (Å²) in [6, 6.07) is 8.46. The highest BCUT2D eigenvalue weighted by Gasteiger charge is 2.48. The summed E-state index contributed by atoms with van der Waals surface area (Å²) in [6.07, 6.45) is 3.07. The van der Waals surface area contributed by atoms with E-state index in [4.69, 9.17) is 20.8 Å². The highest BCUT2D eigenvalue weighted by atomic mass is 35.5. The number of pyridine rings is 1. The van der Waals surface area contributed by atoms with Crippen molar-refractivity contribution in [2.75, 3.05) is 0 Å². The molecule has 1 aromatic heterocycles. The lowest BCUT2D eigenvalue weighted by Gasteiger charge is -2.43. The van der Waals surface area contributed by atoms with Crippen LogP contribution in [0.2, 0.25) is 23.3 Å². The first-order valence-electron chi connectivity index (χ1n) is 13.5. The number of carboxylic acids is 1. The predicted molar refractivity (Wildman–Crippen MR) is 157 cm³/mol. The third kappa shape index (κ3) is 7.61. The minimum atomic E-state index is -2.27. The molecule has 1 aromatic carbocycles. The van der Waals surface area contributed by atoms with Crippen molar-refractivity contribution < 1.29 is 23.9 Å². The highest BCUT2D eigenvalue weighted by molar-refractivity contribution is 6.74. The van der Waals surface area contributed by atoms with E-state index in [1.54, 1.807) is 18.3 Å². The maximum Gasteiger partial charge on any atom is 0.410 e. The largest absolute Gasteiger partial charge is 0.478 e. The maximum absolute atomic E-state index is 13.8. The van der Waals surface area contributed by atoms with Crippen LogP contribution in [-0.2, 0) is 15.6 Å².